The van der Waals surface area contributed by atoms with E-state index in [2.05, 4.69) is 43.5 Å². The molecule has 0 rings (SSSR count). The van der Waals surface area contributed by atoms with Gasteiger partial charge in [0.05, 0.1) is 25.4 Å². The molecule has 0 aliphatic rings. The Labute approximate surface area is 474 Å². The Bertz CT molecular complexity index is 1230. The highest BCUT2D eigenvalue weighted by atomic mass is 16.5. The summed E-state index contributed by atoms with van der Waals surface area (Å²) >= 11 is 0. The monoisotopic (exact) mass is 1070 g/mol. The van der Waals surface area contributed by atoms with Gasteiger partial charge >= 0.3 is 5.97 Å². The minimum Gasteiger partial charge on any atom is -0.466 e. The Morgan fingerprint density at radius 1 is 0.368 bits per heavy atom. The smallest absolute Gasteiger partial charge is 0.305 e. The third-order valence-corrected chi connectivity index (χ3v) is 15.9. The van der Waals surface area contributed by atoms with Gasteiger partial charge < -0.3 is 20.3 Å². The highest BCUT2D eigenvalue weighted by Gasteiger charge is 2.18. The number of allylic oxidation sites excluding steroid dienone is 5. The summed E-state index contributed by atoms with van der Waals surface area (Å²) in [6, 6.07) is -0.625. The standard InChI is InChI=1S/C70H133NO5/c1-3-5-7-9-11-13-15-17-19-32-36-40-44-48-52-56-60-64-70(75)76-65-61-57-53-49-45-41-37-34-31-29-27-25-23-21-20-22-24-26-28-30-33-35-39-43-47-51-55-59-63-69(74)71-67(66-72)68(73)62-58-54-50-46-42-38-18-16-14-12-10-8-6-4-2/h11,13,17,19,58,62,67-68,72-73H,3-10,12,14-16,18,20-57,59-61,63-66H2,1-2H3,(H,71,74)/b13-11-,19-17-,62-58+. The van der Waals surface area contributed by atoms with Crippen LogP contribution < -0.4 is 5.32 Å². The Balaban J connectivity index is 3.35. The maximum Gasteiger partial charge on any atom is 0.305 e. The van der Waals surface area contributed by atoms with Crippen LogP contribution in [-0.4, -0.2) is 47.4 Å². The minimum atomic E-state index is -0.842. The van der Waals surface area contributed by atoms with Gasteiger partial charge in [-0.25, -0.2) is 0 Å². The molecular formula is C70H133NO5. The van der Waals surface area contributed by atoms with Gasteiger partial charge in [-0.1, -0.05) is 333 Å². The number of unbranched alkanes of at least 4 members (excludes halogenated alkanes) is 49. The van der Waals surface area contributed by atoms with Crippen molar-refractivity contribution >= 4 is 11.9 Å². The molecule has 0 bridgehead atoms. The number of amides is 1. The van der Waals surface area contributed by atoms with Gasteiger partial charge in [-0.05, 0) is 64.2 Å². The Hall–Kier alpha value is -1.92. The van der Waals surface area contributed by atoms with Crippen LogP contribution in [0.4, 0.5) is 0 Å². The molecule has 2 unspecified atom stereocenters. The van der Waals surface area contributed by atoms with Crippen LogP contribution >= 0.6 is 0 Å². The largest absolute Gasteiger partial charge is 0.466 e. The van der Waals surface area contributed by atoms with Crippen LogP contribution in [0.1, 0.15) is 373 Å². The van der Waals surface area contributed by atoms with Crippen molar-refractivity contribution in [3.63, 3.8) is 0 Å². The highest BCUT2D eigenvalue weighted by molar-refractivity contribution is 5.76. The molecule has 3 N–H and O–H groups in total. The third-order valence-electron chi connectivity index (χ3n) is 15.9. The predicted molar refractivity (Wildman–Crippen MR) is 333 cm³/mol. The lowest BCUT2D eigenvalue weighted by Gasteiger charge is -2.20. The van der Waals surface area contributed by atoms with Gasteiger partial charge in [-0.15, -0.1) is 0 Å². The zero-order chi connectivity index (χ0) is 55.0. The molecule has 6 nitrogen and oxygen atoms in total. The summed E-state index contributed by atoms with van der Waals surface area (Å²) in [7, 11) is 0. The number of aliphatic hydroxyl groups excluding tert-OH is 2. The van der Waals surface area contributed by atoms with Crippen molar-refractivity contribution in [3.8, 4) is 0 Å². The van der Waals surface area contributed by atoms with Crippen LogP contribution in [0.5, 0.6) is 0 Å². The minimum absolute atomic E-state index is 0.0109. The van der Waals surface area contributed by atoms with Crippen LogP contribution in [0, 0.1) is 0 Å². The van der Waals surface area contributed by atoms with Gasteiger partial charge in [-0.3, -0.25) is 9.59 Å². The number of nitrogens with one attached hydrogen (secondary N) is 1. The lowest BCUT2D eigenvalue weighted by atomic mass is 10.0. The number of carbonyl (C=O) groups is 2. The molecule has 0 fully saturated rings. The zero-order valence-corrected chi connectivity index (χ0v) is 51.3. The van der Waals surface area contributed by atoms with E-state index in [1.807, 2.05) is 6.08 Å². The van der Waals surface area contributed by atoms with Gasteiger partial charge in [0.2, 0.25) is 5.91 Å². The SMILES string of the molecule is CCCCC/C=C\C/C=C\CCCCCCCCCC(=O)OCCCCCCCCCCCCCCCCCCCCCCCCCCCCCCC(=O)NC(CO)C(O)/C=C/CCCCCCCCCCCCCC. The fourth-order valence-electron chi connectivity index (χ4n) is 10.7. The Morgan fingerprint density at radius 3 is 1.03 bits per heavy atom. The van der Waals surface area contributed by atoms with Crippen LogP contribution in [-0.2, 0) is 14.3 Å². The Morgan fingerprint density at radius 2 is 0.658 bits per heavy atom. The van der Waals surface area contributed by atoms with Crippen molar-refractivity contribution in [1.82, 2.24) is 5.32 Å². The van der Waals surface area contributed by atoms with Gasteiger partial charge in [0.1, 0.15) is 0 Å². The first-order valence-electron chi connectivity index (χ1n) is 34.3. The van der Waals surface area contributed by atoms with Gasteiger partial charge in [0, 0.05) is 12.8 Å². The summed E-state index contributed by atoms with van der Waals surface area (Å²) in [5.41, 5.74) is 0. The van der Waals surface area contributed by atoms with E-state index in [0.717, 1.165) is 51.4 Å². The summed E-state index contributed by atoms with van der Waals surface area (Å²) in [5, 5.41) is 23.1. The number of hydrogen-bond donors (Lipinski definition) is 3. The van der Waals surface area contributed by atoms with E-state index < -0.39 is 12.1 Å². The number of esters is 1. The first kappa shape index (κ1) is 74.1. The predicted octanol–water partition coefficient (Wildman–Crippen LogP) is 21.9. The molecule has 6 heteroatoms. The molecule has 0 heterocycles. The fourth-order valence-corrected chi connectivity index (χ4v) is 10.7. The third kappa shape index (κ3) is 61.3. The molecule has 1 amide bonds. The second-order valence-electron chi connectivity index (χ2n) is 23.5. The molecule has 0 aliphatic heterocycles. The second kappa shape index (κ2) is 65.6. The second-order valence-corrected chi connectivity index (χ2v) is 23.5. The van der Waals surface area contributed by atoms with Crippen molar-refractivity contribution < 1.29 is 24.5 Å². The molecule has 0 aliphatic carbocycles. The van der Waals surface area contributed by atoms with E-state index in [1.54, 1.807) is 6.08 Å². The van der Waals surface area contributed by atoms with E-state index in [9.17, 15) is 19.8 Å². The van der Waals surface area contributed by atoms with E-state index in [1.165, 1.54) is 295 Å². The average molecular weight is 1070 g/mol. The quantitative estimate of drug-likeness (QED) is 0.0320. The summed E-state index contributed by atoms with van der Waals surface area (Å²) in [6.45, 7) is 4.90. The number of carbonyl (C=O) groups excluding carboxylic acids is 2. The zero-order valence-electron chi connectivity index (χ0n) is 51.3. The molecule has 76 heavy (non-hydrogen) atoms. The average Bonchev–Trinajstić information content (AvgIpc) is 3.42. The number of aliphatic hydroxyl groups is 2. The first-order chi connectivity index (χ1) is 37.5. The van der Waals surface area contributed by atoms with Crippen LogP contribution in [0.2, 0.25) is 0 Å². The summed E-state index contributed by atoms with van der Waals surface area (Å²) < 4.78 is 5.50. The van der Waals surface area contributed by atoms with Gasteiger partial charge in [0.25, 0.3) is 0 Å². The Kier molecular flexibility index (Phi) is 63.9. The normalized spacial score (nSPS) is 12.7. The summed E-state index contributed by atoms with van der Waals surface area (Å²) in [5.74, 6) is -0.0524. The fraction of sp³-hybridized carbons (Fsp3) is 0.886. The maximum atomic E-state index is 12.5. The molecule has 448 valence electrons. The molecule has 0 aromatic rings. The van der Waals surface area contributed by atoms with Crippen molar-refractivity contribution in [1.29, 1.82) is 0 Å². The number of hydrogen-bond acceptors (Lipinski definition) is 5. The lowest BCUT2D eigenvalue weighted by Crippen LogP contribution is -2.45. The summed E-state index contributed by atoms with van der Waals surface area (Å²) in [6.07, 6.45) is 83.6. The van der Waals surface area contributed by atoms with Crippen molar-refractivity contribution in [2.45, 2.75) is 386 Å². The molecular weight excluding hydrogens is 935 g/mol. The molecule has 0 saturated carbocycles. The van der Waals surface area contributed by atoms with Crippen molar-refractivity contribution in [2.24, 2.45) is 0 Å². The molecule has 0 spiro atoms. The van der Waals surface area contributed by atoms with Gasteiger partial charge in [-0.2, -0.15) is 0 Å². The van der Waals surface area contributed by atoms with E-state index in [-0.39, 0.29) is 18.5 Å². The van der Waals surface area contributed by atoms with E-state index in [4.69, 9.17) is 4.74 Å². The maximum absolute atomic E-state index is 12.5. The van der Waals surface area contributed by atoms with E-state index in [0.29, 0.717) is 19.4 Å². The van der Waals surface area contributed by atoms with Crippen molar-refractivity contribution in [2.75, 3.05) is 13.2 Å². The van der Waals surface area contributed by atoms with E-state index >= 15 is 0 Å². The molecule has 0 radical (unpaired) electrons. The molecule has 0 aromatic carbocycles. The van der Waals surface area contributed by atoms with Crippen LogP contribution in [0.3, 0.4) is 0 Å². The van der Waals surface area contributed by atoms with Crippen molar-refractivity contribution in [3.05, 3.63) is 36.5 Å². The number of rotatable bonds is 64. The topological polar surface area (TPSA) is 95.9 Å². The van der Waals surface area contributed by atoms with Crippen LogP contribution in [0.15, 0.2) is 36.5 Å². The molecule has 0 saturated heterocycles. The number of ether oxygens (including phenoxy) is 1. The molecule has 2 atom stereocenters. The lowest BCUT2D eigenvalue weighted by molar-refractivity contribution is -0.143. The highest BCUT2D eigenvalue weighted by Crippen LogP contribution is 2.18. The molecule has 0 aromatic heterocycles. The van der Waals surface area contributed by atoms with Crippen LogP contribution in [0.25, 0.3) is 0 Å². The van der Waals surface area contributed by atoms with Gasteiger partial charge in [0.15, 0.2) is 0 Å². The first-order valence-corrected chi connectivity index (χ1v) is 34.3. The summed E-state index contributed by atoms with van der Waals surface area (Å²) in [4.78, 5) is 24.6.